The number of nitrogens with zero attached hydrogens (tertiary/aromatic N) is 1. The minimum Gasteiger partial charge on any atom is -0.507 e. The Morgan fingerprint density at radius 2 is 2.00 bits per heavy atom. The number of methoxy groups -OCH3 is 1. The highest BCUT2D eigenvalue weighted by atomic mass is 16.5. The minimum atomic E-state index is -0.503. The zero-order chi connectivity index (χ0) is 15.4. The van der Waals surface area contributed by atoms with Gasteiger partial charge in [0, 0.05) is 0 Å². The van der Waals surface area contributed by atoms with Crippen molar-refractivity contribution in [3.63, 3.8) is 0 Å². The van der Waals surface area contributed by atoms with Gasteiger partial charge in [-0.3, -0.25) is 4.79 Å². The molecule has 0 spiro atoms. The van der Waals surface area contributed by atoms with Crippen molar-refractivity contribution >= 4 is 11.6 Å². The van der Waals surface area contributed by atoms with Gasteiger partial charge in [0.2, 0.25) is 0 Å². The van der Waals surface area contributed by atoms with Crippen LogP contribution in [-0.2, 0) is 0 Å². The third kappa shape index (κ3) is 2.79. The van der Waals surface area contributed by atoms with Crippen LogP contribution < -0.4 is 10.1 Å². The van der Waals surface area contributed by atoms with Gasteiger partial charge in [0.25, 0.3) is 5.91 Å². The third-order valence-corrected chi connectivity index (χ3v) is 3.09. The molecule has 0 atom stereocenters. The number of aryl methyl sites for hydroxylation is 1. The van der Waals surface area contributed by atoms with Crippen molar-refractivity contribution in [1.82, 2.24) is 0 Å². The lowest BCUT2D eigenvalue weighted by atomic mass is 10.1. The summed E-state index contributed by atoms with van der Waals surface area (Å²) in [6.07, 6.45) is 0. The monoisotopic (exact) mass is 282 g/mol. The lowest BCUT2D eigenvalue weighted by Gasteiger charge is -2.12. The number of phenolic OH excluding ortho intramolecular Hbond substituents is 1. The molecule has 21 heavy (non-hydrogen) atoms. The Bertz CT molecular complexity index is 733. The van der Waals surface area contributed by atoms with Crippen LogP contribution in [0.1, 0.15) is 21.5 Å². The van der Waals surface area contributed by atoms with E-state index in [1.807, 2.05) is 6.07 Å². The number of aromatic hydroxyl groups is 1. The molecule has 0 heterocycles. The maximum absolute atomic E-state index is 12.3. The van der Waals surface area contributed by atoms with E-state index < -0.39 is 5.91 Å². The summed E-state index contributed by atoms with van der Waals surface area (Å²) in [6, 6.07) is 11.8. The molecule has 0 aromatic heterocycles. The molecule has 5 heteroatoms. The van der Waals surface area contributed by atoms with Crippen LogP contribution >= 0.6 is 0 Å². The molecule has 106 valence electrons. The standard InChI is InChI=1S/C16H14N2O3/c1-10-5-3-7-12(15(10)19)16(20)18-14-11(9-17)6-4-8-13(14)21-2/h3-8,19H,1-2H3,(H,18,20). The number of nitrogens with one attached hydrogen (secondary N) is 1. The Hall–Kier alpha value is -3.00. The second-order valence-electron chi connectivity index (χ2n) is 4.42. The summed E-state index contributed by atoms with van der Waals surface area (Å²) in [6.45, 7) is 1.70. The molecule has 0 bridgehead atoms. The number of carbonyl (C=O) groups excluding carboxylic acids is 1. The lowest BCUT2D eigenvalue weighted by Crippen LogP contribution is -2.14. The van der Waals surface area contributed by atoms with Gasteiger partial charge in [-0.15, -0.1) is 0 Å². The number of rotatable bonds is 3. The molecule has 2 aromatic carbocycles. The van der Waals surface area contributed by atoms with Crippen molar-refractivity contribution in [2.75, 3.05) is 12.4 Å². The second kappa shape index (κ2) is 5.97. The first-order valence-corrected chi connectivity index (χ1v) is 6.25. The number of hydrogen-bond donors (Lipinski definition) is 2. The van der Waals surface area contributed by atoms with Gasteiger partial charge in [0.1, 0.15) is 23.3 Å². The van der Waals surface area contributed by atoms with E-state index in [1.54, 1.807) is 37.3 Å². The van der Waals surface area contributed by atoms with Gasteiger partial charge < -0.3 is 15.2 Å². The van der Waals surface area contributed by atoms with Crippen LogP contribution in [-0.4, -0.2) is 18.1 Å². The SMILES string of the molecule is COc1cccc(C#N)c1NC(=O)c1cccc(C)c1O. The van der Waals surface area contributed by atoms with Crippen molar-refractivity contribution in [3.8, 4) is 17.6 Å². The van der Waals surface area contributed by atoms with E-state index in [1.165, 1.54) is 13.2 Å². The van der Waals surface area contributed by atoms with Crippen molar-refractivity contribution in [3.05, 3.63) is 53.1 Å². The molecule has 2 aromatic rings. The van der Waals surface area contributed by atoms with Crippen molar-refractivity contribution in [1.29, 1.82) is 5.26 Å². The Morgan fingerprint density at radius 1 is 1.29 bits per heavy atom. The van der Waals surface area contributed by atoms with E-state index in [0.29, 0.717) is 11.3 Å². The summed E-state index contributed by atoms with van der Waals surface area (Å²) in [4.78, 5) is 12.3. The molecule has 0 aliphatic heterocycles. The lowest BCUT2D eigenvalue weighted by molar-refractivity contribution is 0.102. The van der Waals surface area contributed by atoms with Crippen LogP contribution in [0.5, 0.6) is 11.5 Å². The van der Waals surface area contributed by atoms with Gasteiger partial charge >= 0.3 is 0 Å². The number of phenols is 1. The summed E-state index contributed by atoms with van der Waals surface area (Å²) in [5, 5.41) is 21.7. The zero-order valence-electron chi connectivity index (χ0n) is 11.7. The molecule has 0 aliphatic carbocycles. The summed E-state index contributed by atoms with van der Waals surface area (Å²) in [5.74, 6) is -0.199. The maximum atomic E-state index is 12.3. The van der Waals surface area contributed by atoms with E-state index in [0.717, 1.165) is 0 Å². The fourth-order valence-electron chi connectivity index (χ4n) is 1.95. The molecule has 0 radical (unpaired) electrons. The number of para-hydroxylation sites is 2. The summed E-state index contributed by atoms with van der Waals surface area (Å²) < 4.78 is 5.15. The number of ether oxygens (including phenoxy) is 1. The molecular formula is C16H14N2O3. The fourth-order valence-corrected chi connectivity index (χ4v) is 1.95. The molecular weight excluding hydrogens is 268 g/mol. The molecule has 0 saturated heterocycles. The molecule has 0 unspecified atom stereocenters. The fraction of sp³-hybridized carbons (Fsp3) is 0.125. The minimum absolute atomic E-state index is 0.0802. The molecule has 2 rings (SSSR count). The van der Waals surface area contributed by atoms with Crippen molar-refractivity contribution < 1.29 is 14.6 Å². The average molecular weight is 282 g/mol. The largest absolute Gasteiger partial charge is 0.507 e. The summed E-state index contributed by atoms with van der Waals surface area (Å²) in [7, 11) is 1.45. The summed E-state index contributed by atoms with van der Waals surface area (Å²) in [5.41, 5.74) is 1.32. The molecule has 2 N–H and O–H groups in total. The molecule has 0 saturated carbocycles. The van der Waals surface area contributed by atoms with Crippen LogP contribution in [0.25, 0.3) is 0 Å². The van der Waals surface area contributed by atoms with E-state index in [4.69, 9.17) is 10.00 Å². The molecule has 0 aliphatic rings. The van der Waals surface area contributed by atoms with Crippen LogP contribution in [0.3, 0.4) is 0 Å². The normalized spacial score (nSPS) is 9.76. The highest BCUT2D eigenvalue weighted by molar-refractivity contribution is 6.07. The maximum Gasteiger partial charge on any atom is 0.259 e. The predicted octanol–water partition coefficient (Wildman–Crippen LogP) is 2.83. The topological polar surface area (TPSA) is 82.3 Å². The Kier molecular flexibility index (Phi) is 4.10. The van der Waals surface area contributed by atoms with Crippen molar-refractivity contribution in [2.24, 2.45) is 0 Å². The molecule has 0 fully saturated rings. The van der Waals surface area contributed by atoms with Gasteiger partial charge in [-0.1, -0.05) is 18.2 Å². The average Bonchev–Trinajstić information content (AvgIpc) is 2.50. The van der Waals surface area contributed by atoms with Crippen LogP contribution in [0.15, 0.2) is 36.4 Å². The number of carbonyl (C=O) groups is 1. The quantitative estimate of drug-likeness (QED) is 0.906. The highest BCUT2D eigenvalue weighted by Crippen LogP contribution is 2.29. The smallest absolute Gasteiger partial charge is 0.259 e. The van der Waals surface area contributed by atoms with Gasteiger partial charge in [0.15, 0.2) is 0 Å². The van der Waals surface area contributed by atoms with Gasteiger partial charge in [0.05, 0.1) is 18.2 Å². The van der Waals surface area contributed by atoms with Gasteiger partial charge in [-0.2, -0.15) is 5.26 Å². The van der Waals surface area contributed by atoms with E-state index in [9.17, 15) is 9.90 Å². The Labute approximate surface area is 122 Å². The Morgan fingerprint density at radius 3 is 2.67 bits per heavy atom. The number of anilines is 1. The summed E-state index contributed by atoms with van der Waals surface area (Å²) >= 11 is 0. The first kappa shape index (κ1) is 14.4. The number of nitriles is 1. The predicted molar refractivity (Wildman–Crippen MR) is 78.5 cm³/mol. The third-order valence-electron chi connectivity index (χ3n) is 3.09. The molecule has 1 amide bonds. The number of hydrogen-bond acceptors (Lipinski definition) is 4. The second-order valence-corrected chi connectivity index (χ2v) is 4.42. The van der Waals surface area contributed by atoms with Gasteiger partial charge in [-0.25, -0.2) is 0 Å². The van der Waals surface area contributed by atoms with E-state index in [-0.39, 0.29) is 22.6 Å². The Balaban J connectivity index is 2.41. The van der Waals surface area contributed by atoms with E-state index in [2.05, 4.69) is 5.32 Å². The molecule has 5 nitrogen and oxygen atoms in total. The van der Waals surface area contributed by atoms with Crippen LogP contribution in [0.4, 0.5) is 5.69 Å². The highest BCUT2D eigenvalue weighted by Gasteiger charge is 2.16. The number of amides is 1. The first-order chi connectivity index (χ1) is 10.1. The zero-order valence-corrected chi connectivity index (χ0v) is 11.7. The number of benzene rings is 2. The van der Waals surface area contributed by atoms with Crippen molar-refractivity contribution in [2.45, 2.75) is 6.92 Å². The van der Waals surface area contributed by atoms with E-state index >= 15 is 0 Å². The first-order valence-electron chi connectivity index (χ1n) is 6.25. The van der Waals surface area contributed by atoms with Crippen LogP contribution in [0.2, 0.25) is 0 Å². The van der Waals surface area contributed by atoms with Crippen LogP contribution in [0, 0.1) is 18.3 Å². The van der Waals surface area contributed by atoms with Gasteiger partial charge in [-0.05, 0) is 30.7 Å².